The van der Waals surface area contributed by atoms with Crippen LogP contribution < -0.4 is 4.74 Å². The summed E-state index contributed by atoms with van der Waals surface area (Å²) in [5, 5.41) is 10.6. The molecule has 0 amide bonds. The van der Waals surface area contributed by atoms with Gasteiger partial charge in [0, 0.05) is 35.6 Å². The number of benzene rings is 1. The summed E-state index contributed by atoms with van der Waals surface area (Å²) in [6, 6.07) is 7.29. The Morgan fingerprint density at radius 2 is 1.85 bits per heavy atom. The first kappa shape index (κ1) is 19.2. The van der Waals surface area contributed by atoms with Gasteiger partial charge < -0.3 is 14.0 Å². The fraction of sp³-hybridized carbons (Fsp3) is 0.333. The van der Waals surface area contributed by atoms with Crippen LogP contribution in [0.25, 0.3) is 0 Å². The minimum absolute atomic E-state index is 0.0437. The first-order valence-electron chi connectivity index (χ1n) is 7.97. The van der Waals surface area contributed by atoms with Gasteiger partial charge >= 0.3 is 5.97 Å². The van der Waals surface area contributed by atoms with E-state index in [0.29, 0.717) is 17.9 Å². The largest absolute Gasteiger partial charge is 0.485 e. The van der Waals surface area contributed by atoms with Crippen LogP contribution in [0.3, 0.4) is 0 Å². The monoisotopic (exact) mass is 360 g/mol. The SMILES string of the molecule is COC(=O)CCn1c(C)cc(C(=O)COc2ccc([N+](=O)[O-])cc2)c1C. The molecule has 0 saturated heterocycles. The van der Waals surface area contributed by atoms with Gasteiger partial charge in [-0.3, -0.25) is 19.7 Å². The van der Waals surface area contributed by atoms with E-state index in [1.807, 2.05) is 18.4 Å². The molecule has 1 aromatic carbocycles. The summed E-state index contributed by atoms with van der Waals surface area (Å²) in [5.74, 6) is -0.142. The number of nitro benzene ring substituents is 1. The normalized spacial score (nSPS) is 10.4. The number of carbonyl (C=O) groups is 2. The van der Waals surface area contributed by atoms with E-state index in [-0.39, 0.29) is 30.5 Å². The quantitative estimate of drug-likeness (QED) is 0.310. The van der Waals surface area contributed by atoms with Crippen molar-refractivity contribution in [2.45, 2.75) is 26.8 Å². The van der Waals surface area contributed by atoms with Crippen LogP contribution in [-0.4, -0.2) is 35.0 Å². The third-order valence-electron chi connectivity index (χ3n) is 4.06. The van der Waals surface area contributed by atoms with Crippen LogP contribution >= 0.6 is 0 Å². The number of aromatic nitrogens is 1. The number of Topliss-reactive ketones (excluding diaryl/α,β-unsaturated/α-hetero) is 1. The van der Waals surface area contributed by atoms with Crippen LogP contribution in [0, 0.1) is 24.0 Å². The second-order valence-corrected chi connectivity index (χ2v) is 5.73. The third kappa shape index (κ3) is 4.47. The first-order valence-corrected chi connectivity index (χ1v) is 7.97. The van der Waals surface area contributed by atoms with E-state index in [4.69, 9.17) is 4.74 Å². The summed E-state index contributed by atoms with van der Waals surface area (Å²) in [5.41, 5.74) is 2.10. The lowest BCUT2D eigenvalue weighted by Crippen LogP contribution is -2.14. The Morgan fingerprint density at radius 3 is 2.42 bits per heavy atom. The number of non-ortho nitro benzene ring substituents is 1. The van der Waals surface area contributed by atoms with Gasteiger partial charge in [0.15, 0.2) is 6.61 Å². The Morgan fingerprint density at radius 1 is 1.19 bits per heavy atom. The number of hydrogen-bond donors (Lipinski definition) is 0. The van der Waals surface area contributed by atoms with Crippen molar-refractivity contribution in [3.05, 3.63) is 57.4 Å². The molecule has 8 heteroatoms. The van der Waals surface area contributed by atoms with E-state index in [1.54, 1.807) is 6.07 Å². The number of methoxy groups -OCH3 is 1. The van der Waals surface area contributed by atoms with Crippen molar-refractivity contribution in [2.24, 2.45) is 0 Å². The molecule has 0 fully saturated rings. The Labute approximate surface area is 150 Å². The molecule has 1 aromatic heterocycles. The fourth-order valence-electron chi connectivity index (χ4n) is 2.62. The van der Waals surface area contributed by atoms with Gasteiger partial charge in [-0.1, -0.05) is 0 Å². The Hall–Kier alpha value is -3.16. The molecular formula is C18H20N2O6. The zero-order valence-corrected chi connectivity index (χ0v) is 14.9. The number of rotatable bonds is 8. The van der Waals surface area contributed by atoms with Gasteiger partial charge in [0.05, 0.1) is 18.5 Å². The average Bonchev–Trinajstić information content (AvgIpc) is 2.92. The predicted octanol–water partition coefficient (Wildman–Crippen LogP) is 2.84. The van der Waals surface area contributed by atoms with Crippen molar-refractivity contribution < 1.29 is 24.0 Å². The first-order chi connectivity index (χ1) is 12.3. The minimum Gasteiger partial charge on any atom is -0.485 e. The standard InChI is InChI=1S/C18H20N2O6/c1-12-10-16(13(2)19(12)9-8-18(22)25-3)17(21)11-26-15-6-4-14(5-7-15)20(23)24/h4-7,10H,8-9,11H2,1-3H3. The van der Waals surface area contributed by atoms with E-state index in [1.165, 1.54) is 31.4 Å². The van der Waals surface area contributed by atoms with Crippen LogP contribution in [-0.2, 0) is 16.1 Å². The maximum atomic E-state index is 12.4. The molecule has 0 N–H and O–H groups in total. The molecule has 0 atom stereocenters. The number of ether oxygens (including phenoxy) is 2. The highest BCUT2D eigenvalue weighted by molar-refractivity contribution is 5.98. The van der Waals surface area contributed by atoms with Gasteiger partial charge in [-0.2, -0.15) is 0 Å². The van der Waals surface area contributed by atoms with Crippen LogP contribution in [0.4, 0.5) is 5.69 Å². The third-order valence-corrected chi connectivity index (χ3v) is 4.06. The Bertz CT molecular complexity index is 823. The van der Waals surface area contributed by atoms with E-state index < -0.39 is 4.92 Å². The molecule has 2 aromatic rings. The lowest BCUT2D eigenvalue weighted by atomic mass is 10.1. The molecule has 1 heterocycles. The van der Waals surface area contributed by atoms with Crippen molar-refractivity contribution in [1.82, 2.24) is 4.57 Å². The van der Waals surface area contributed by atoms with E-state index in [0.717, 1.165) is 11.4 Å². The van der Waals surface area contributed by atoms with Gasteiger partial charge in [-0.05, 0) is 32.0 Å². The Kier molecular flexibility index (Phi) is 6.11. The van der Waals surface area contributed by atoms with Crippen molar-refractivity contribution in [3.63, 3.8) is 0 Å². The van der Waals surface area contributed by atoms with Crippen molar-refractivity contribution in [2.75, 3.05) is 13.7 Å². The summed E-state index contributed by atoms with van der Waals surface area (Å²) in [4.78, 5) is 33.9. The van der Waals surface area contributed by atoms with Crippen molar-refractivity contribution in [3.8, 4) is 5.75 Å². The van der Waals surface area contributed by atoms with Gasteiger partial charge in [0.1, 0.15) is 5.75 Å². The maximum absolute atomic E-state index is 12.4. The summed E-state index contributed by atoms with van der Waals surface area (Å²) >= 11 is 0. The van der Waals surface area contributed by atoms with Crippen LogP contribution in [0.2, 0.25) is 0 Å². The number of hydrogen-bond acceptors (Lipinski definition) is 6. The second-order valence-electron chi connectivity index (χ2n) is 5.73. The number of carbonyl (C=O) groups excluding carboxylic acids is 2. The lowest BCUT2D eigenvalue weighted by Gasteiger charge is -2.09. The zero-order valence-electron chi connectivity index (χ0n) is 14.9. The molecule has 26 heavy (non-hydrogen) atoms. The lowest BCUT2D eigenvalue weighted by molar-refractivity contribution is -0.384. The number of nitrogens with zero attached hydrogens (tertiary/aromatic N) is 2. The van der Waals surface area contributed by atoms with Crippen molar-refractivity contribution >= 4 is 17.4 Å². The maximum Gasteiger partial charge on any atom is 0.307 e. The Balaban J connectivity index is 2.03. The smallest absolute Gasteiger partial charge is 0.307 e. The average molecular weight is 360 g/mol. The van der Waals surface area contributed by atoms with Crippen molar-refractivity contribution in [1.29, 1.82) is 0 Å². The summed E-state index contributed by atoms with van der Waals surface area (Å²) in [6.45, 7) is 3.92. The van der Waals surface area contributed by atoms with Crippen LogP contribution in [0.5, 0.6) is 5.75 Å². The van der Waals surface area contributed by atoms with Gasteiger partial charge in [0.25, 0.3) is 5.69 Å². The number of nitro groups is 1. The molecule has 0 spiro atoms. The molecule has 0 aliphatic rings. The number of esters is 1. The molecule has 0 radical (unpaired) electrons. The van der Waals surface area contributed by atoms with E-state index in [2.05, 4.69) is 4.74 Å². The van der Waals surface area contributed by atoms with Gasteiger partial charge in [-0.25, -0.2) is 0 Å². The highest BCUT2D eigenvalue weighted by atomic mass is 16.6. The molecule has 0 bridgehead atoms. The fourth-order valence-corrected chi connectivity index (χ4v) is 2.62. The molecule has 0 unspecified atom stereocenters. The molecule has 138 valence electrons. The molecular weight excluding hydrogens is 340 g/mol. The summed E-state index contributed by atoms with van der Waals surface area (Å²) in [6.07, 6.45) is 0.222. The highest BCUT2D eigenvalue weighted by Crippen LogP contribution is 2.19. The summed E-state index contributed by atoms with van der Waals surface area (Å²) in [7, 11) is 1.34. The zero-order chi connectivity index (χ0) is 19.3. The molecule has 8 nitrogen and oxygen atoms in total. The number of aryl methyl sites for hydroxylation is 1. The second kappa shape index (κ2) is 8.28. The highest BCUT2D eigenvalue weighted by Gasteiger charge is 2.17. The van der Waals surface area contributed by atoms with E-state index >= 15 is 0 Å². The minimum atomic E-state index is -0.502. The van der Waals surface area contributed by atoms with Crippen LogP contribution in [0.1, 0.15) is 28.2 Å². The van der Waals surface area contributed by atoms with E-state index in [9.17, 15) is 19.7 Å². The molecule has 0 saturated carbocycles. The van der Waals surface area contributed by atoms with Crippen LogP contribution in [0.15, 0.2) is 30.3 Å². The van der Waals surface area contributed by atoms with Gasteiger partial charge in [0.2, 0.25) is 5.78 Å². The topological polar surface area (TPSA) is 101 Å². The molecule has 2 rings (SSSR count). The number of ketones is 1. The molecule has 0 aliphatic carbocycles. The summed E-state index contributed by atoms with van der Waals surface area (Å²) < 4.78 is 11.9. The van der Waals surface area contributed by atoms with Gasteiger partial charge in [-0.15, -0.1) is 0 Å². The predicted molar refractivity (Wildman–Crippen MR) is 93.5 cm³/mol. The molecule has 0 aliphatic heterocycles.